The summed E-state index contributed by atoms with van der Waals surface area (Å²) in [6.07, 6.45) is 4.93. The van der Waals surface area contributed by atoms with Gasteiger partial charge in [0.15, 0.2) is 0 Å². The number of rotatable bonds is 4. The van der Waals surface area contributed by atoms with Crippen LogP contribution in [0.2, 0.25) is 0 Å². The minimum absolute atomic E-state index is 0.126. The topological polar surface area (TPSA) is 82.9 Å². The van der Waals surface area contributed by atoms with E-state index in [0.29, 0.717) is 4.96 Å². The van der Waals surface area contributed by atoms with E-state index >= 15 is 0 Å². The van der Waals surface area contributed by atoms with Crippen molar-refractivity contribution in [3.63, 3.8) is 0 Å². The highest BCUT2D eigenvalue weighted by molar-refractivity contribution is 7.17. The molecule has 4 aromatic rings. The summed E-state index contributed by atoms with van der Waals surface area (Å²) in [6, 6.07) is 9.63. The van der Waals surface area contributed by atoms with Crippen molar-refractivity contribution < 1.29 is 9.52 Å². The number of nitrogens with zero attached hydrogens (tertiary/aromatic N) is 6. The molecule has 0 spiro atoms. The van der Waals surface area contributed by atoms with Gasteiger partial charge in [-0.3, -0.25) is 4.90 Å². The molecule has 1 atom stereocenters. The van der Waals surface area contributed by atoms with Gasteiger partial charge in [-0.1, -0.05) is 17.4 Å². The van der Waals surface area contributed by atoms with Crippen LogP contribution >= 0.6 is 11.3 Å². The van der Waals surface area contributed by atoms with Gasteiger partial charge in [0, 0.05) is 32.4 Å². The summed E-state index contributed by atoms with van der Waals surface area (Å²) in [5, 5.41) is 14.8. The molecule has 4 aromatic heterocycles. The van der Waals surface area contributed by atoms with Crippen LogP contribution in [0.15, 0.2) is 53.5 Å². The van der Waals surface area contributed by atoms with Crippen LogP contribution < -0.4 is 4.90 Å². The van der Waals surface area contributed by atoms with Crippen molar-refractivity contribution in [1.82, 2.24) is 24.5 Å². The molecule has 9 heteroatoms. The van der Waals surface area contributed by atoms with Crippen LogP contribution in [0, 0.1) is 0 Å². The minimum atomic E-state index is -0.167. The van der Waals surface area contributed by atoms with Gasteiger partial charge in [0.1, 0.15) is 23.9 Å². The van der Waals surface area contributed by atoms with Crippen molar-refractivity contribution in [2.45, 2.75) is 6.04 Å². The Hall–Kier alpha value is -2.91. The number of aromatic hydroxyl groups is 1. The number of piperazine rings is 1. The number of hydrogen-bond acceptors (Lipinski definition) is 8. The molecule has 5 rings (SSSR count). The fraction of sp³-hybridized carbons (Fsp3) is 0.278. The molecular weight excluding hydrogens is 364 g/mol. The quantitative estimate of drug-likeness (QED) is 0.580. The predicted molar refractivity (Wildman–Crippen MR) is 101 cm³/mol. The maximum atomic E-state index is 10.7. The SMILES string of the molecule is Oc1c(C(c2ccco2)N2CCN(c3ccccn3)CC2)sc2ncnn12. The second-order valence-electron chi connectivity index (χ2n) is 6.37. The number of pyridine rings is 1. The lowest BCUT2D eigenvalue weighted by atomic mass is 10.1. The summed E-state index contributed by atoms with van der Waals surface area (Å²) in [6.45, 7) is 3.37. The lowest BCUT2D eigenvalue weighted by molar-refractivity contribution is 0.190. The molecule has 1 aliphatic rings. The molecule has 138 valence electrons. The maximum Gasteiger partial charge on any atom is 0.230 e. The highest BCUT2D eigenvalue weighted by Crippen LogP contribution is 2.40. The van der Waals surface area contributed by atoms with E-state index in [4.69, 9.17) is 4.42 Å². The molecular formula is C18H18N6O2S. The Labute approximate surface area is 159 Å². The Morgan fingerprint density at radius 1 is 1.07 bits per heavy atom. The number of thiazole rings is 1. The fourth-order valence-electron chi connectivity index (χ4n) is 3.54. The fourth-order valence-corrected chi connectivity index (χ4v) is 4.62. The second kappa shape index (κ2) is 6.67. The molecule has 0 aliphatic carbocycles. The van der Waals surface area contributed by atoms with E-state index in [-0.39, 0.29) is 11.9 Å². The molecule has 1 fully saturated rings. The summed E-state index contributed by atoms with van der Waals surface area (Å²) in [4.78, 5) is 14.7. The summed E-state index contributed by atoms with van der Waals surface area (Å²) in [5.74, 6) is 1.93. The molecule has 0 radical (unpaired) electrons. The van der Waals surface area contributed by atoms with Crippen molar-refractivity contribution in [3.8, 4) is 5.88 Å². The van der Waals surface area contributed by atoms with Gasteiger partial charge in [-0.15, -0.1) is 0 Å². The van der Waals surface area contributed by atoms with Crippen LogP contribution in [-0.2, 0) is 0 Å². The van der Waals surface area contributed by atoms with E-state index < -0.39 is 0 Å². The zero-order valence-electron chi connectivity index (χ0n) is 14.5. The predicted octanol–water partition coefficient (Wildman–Crippen LogP) is 2.40. The van der Waals surface area contributed by atoms with E-state index in [1.807, 2.05) is 36.5 Å². The number of hydrogen-bond donors (Lipinski definition) is 1. The first-order valence-electron chi connectivity index (χ1n) is 8.76. The summed E-state index contributed by atoms with van der Waals surface area (Å²) < 4.78 is 7.19. The highest BCUT2D eigenvalue weighted by Gasteiger charge is 2.33. The van der Waals surface area contributed by atoms with E-state index in [2.05, 4.69) is 24.9 Å². The molecule has 1 aliphatic heterocycles. The van der Waals surface area contributed by atoms with E-state index in [1.54, 1.807) is 6.26 Å². The average Bonchev–Trinajstić information content (AvgIpc) is 3.45. The van der Waals surface area contributed by atoms with Crippen LogP contribution in [0.4, 0.5) is 5.82 Å². The van der Waals surface area contributed by atoms with Gasteiger partial charge < -0.3 is 14.4 Å². The molecule has 0 bridgehead atoms. The van der Waals surface area contributed by atoms with Crippen LogP contribution in [0.1, 0.15) is 16.7 Å². The third-order valence-corrected chi connectivity index (χ3v) is 5.94. The largest absolute Gasteiger partial charge is 0.492 e. The van der Waals surface area contributed by atoms with Gasteiger partial charge in [-0.05, 0) is 24.3 Å². The highest BCUT2D eigenvalue weighted by atomic mass is 32.1. The van der Waals surface area contributed by atoms with E-state index in [1.165, 1.54) is 22.2 Å². The monoisotopic (exact) mass is 382 g/mol. The summed E-state index contributed by atoms with van der Waals surface area (Å²) >= 11 is 1.44. The third-order valence-electron chi connectivity index (χ3n) is 4.85. The summed E-state index contributed by atoms with van der Waals surface area (Å²) in [5.41, 5.74) is 0. The third kappa shape index (κ3) is 2.84. The molecule has 8 nitrogen and oxygen atoms in total. The molecule has 1 saturated heterocycles. The Morgan fingerprint density at radius 3 is 2.67 bits per heavy atom. The summed E-state index contributed by atoms with van der Waals surface area (Å²) in [7, 11) is 0. The zero-order chi connectivity index (χ0) is 18.2. The first-order valence-corrected chi connectivity index (χ1v) is 9.58. The molecule has 0 aromatic carbocycles. The molecule has 1 unspecified atom stereocenters. The van der Waals surface area contributed by atoms with E-state index in [0.717, 1.165) is 42.6 Å². The minimum Gasteiger partial charge on any atom is -0.492 e. The number of fused-ring (bicyclic) bond motifs is 1. The number of furan rings is 1. The standard InChI is InChI=1S/C18H18N6O2S/c25-17-16(27-18-20-12-21-24(17)18)15(13-4-3-11-26-13)23-9-7-22(8-10-23)14-5-1-2-6-19-14/h1-6,11-12,15,25H,7-10H2. The molecule has 5 heterocycles. The number of aromatic nitrogens is 4. The smallest absolute Gasteiger partial charge is 0.230 e. The number of anilines is 1. The zero-order valence-corrected chi connectivity index (χ0v) is 15.3. The van der Waals surface area contributed by atoms with Crippen molar-refractivity contribution in [3.05, 3.63) is 59.8 Å². The molecule has 0 saturated carbocycles. The lowest BCUT2D eigenvalue weighted by Gasteiger charge is -2.38. The van der Waals surface area contributed by atoms with Crippen molar-refractivity contribution >= 4 is 22.1 Å². The Balaban J connectivity index is 1.44. The van der Waals surface area contributed by atoms with Gasteiger partial charge in [-0.2, -0.15) is 9.61 Å². The van der Waals surface area contributed by atoms with Crippen LogP contribution in [0.5, 0.6) is 5.88 Å². The van der Waals surface area contributed by atoms with E-state index in [9.17, 15) is 5.11 Å². The van der Waals surface area contributed by atoms with Crippen LogP contribution in [-0.4, -0.2) is 55.8 Å². The first-order chi connectivity index (χ1) is 13.3. The first kappa shape index (κ1) is 16.3. The van der Waals surface area contributed by atoms with Crippen LogP contribution in [0.3, 0.4) is 0 Å². The maximum absolute atomic E-state index is 10.7. The van der Waals surface area contributed by atoms with Crippen LogP contribution in [0.25, 0.3) is 4.96 Å². The van der Waals surface area contributed by atoms with Crippen molar-refractivity contribution in [2.24, 2.45) is 0 Å². The molecule has 27 heavy (non-hydrogen) atoms. The van der Waals surface area contributed by atoms with Gasteiger partial charge in [-0.25, -0.2) is 9.97 Å². The Morgan fingerprint density at radius 2 is 1.96 bits per heavy atom. The Kier molecular flexibility index (Phi) is 4.02. The Bertz CT molecular complexity index is 1020. The lowest BCUT2D eigenvalue weighted by Crippen LogP contribution is -2.48. The average molecular weight is 382 g/mol. The molecule has 1 N–H and O–H groups in total. The second-order valence-corrected chi connectivity index (χ2v) is 7.38. The van der Waals surface area contributed by atoms with Gasteiger partial charge in [0.25, 0.3) is 0 Å². The molecule has 0 amide bonds. The van der Waals surface area contributed by atoms with Crippen molar-refractivity contribution in [1.29, 1.82) is 0 Å². The normalized spacial score (nSPS) is 16.8. The van der Waals surface area contributed by atoms with Gasteiger partial charge >= 0.3 is 0 Å². The van der Waals surface area contributed by atoms with Gasteiger partial charge in [0.2, 0.25) is 10.8 Å². The van der Waals surface area contributed by atoms with Crippen molar-refractivity contribution in [2.75, 3.05) is 31.1 Å². The van der Waals surface area contributed by atoms with Gasteiger partial charge in [0.05, 0.1) is 11.1 Å².